The van der Waals surface area contributed by atoms with Gasteiger partial charge in [-0.25, -0.2) is 4.90 Å². The van der Waals surface area contributed by atoms with Crippen LogP contribution < -0.4 is 4.90 Å². The molecule has 3 aromatic carbocycles. The molecule has 3 aromatic rings. The van der Waals surface area contributed by atoms with Crippen LogP contribution in [0.4, 0.5) is 5.69 Å². The fourth-order valence-corrected chi connectivity index (χ4v) is 8.14. The van der Waals surface area contributed by atoms with Gasteiger partial charge in [0, 0.05) is 0 Å². The number of carbonyl (C=O) groups excluding carboxylic acids is 2. The van der Waals surface area contributed by atoms with Gasteiger partial charge in [0.15, 0.2) is 0 Å². The van der Waals surface area contributed by atoms with Gasteiger partial charge < -0.3 is 0 Å². The van der Waals surface area contributed by atoms with Gasteiger partial charge in [0.1, 0.15) is 0 Å². The van der Waals surface area contributed by atoms with Gasteiger partial charge >= 0.3 is 0 Å². The molecule has 1 saturated heterocycles. The number of benzene rings is 3. The largest absolute Gasteiger partial charge is 0.274 e. The Kier molecular flexibility index (Phi) is 4.15. The Hall–Kier alpha value is -1.66. The zero-order valence-electron chi connectivity index (χ0n) is 15.8. The molecule has 7 rings (SSSR count). The van der Waals surface area contributed by atoms with E-state index in [4.69, 9.17) is 23.2 Å². The van der Waals surface area contributed by atoms with Gasteiger partial charge in [-0.1, -0.05) is 104 Å². The third kappa shape index (κ3) is 2.26. The molecule has 0 aromatic heterocycles. The number of amides is 2. The van der Waals surface area contributed by atoms with Crippen molar-refractivity contribution in [2.75, 3.05) is 4.90 Å². The van der Waals surface area contributed by atoms with E-state index in [1.807, 2.05) is 48.5 Å². The molecule has 0 saturated carbocycles. The topological polar surface area (TPSA) is 37.4 Å². The van der Waals surface area contributed by atoms with Gasteiger partial charge in [-0.05, 0) is 40.5 Å². The predicted octanol–water partition coefficient (Wildman–Crippen LogP) is 6.40. The molecule has 7 heteroatoms. The van der Waals surface area contributed by atoms with Crippen LogP contribution in [0.15, 0.2) is 66.7 Å². The van der Waals surface area contributed by atoms with Crippen LogP contribution in [0.5, 0.6) is 0 Å². The molecule has 0 spiro atoms. The van der Waals surface area contributed by atoms with Gasteiger partial charge in [-0.3, -0.25) is 9.59 Å². The minimum atomic E-state index is -0.807. The minimum Gasteiger partial charge on any atom is -0.274 e. The van der Waals surface area contributed by atoms with Gasteiger partial charge in [-0.15, -0.1) is 0 Å². The Balaban J connectivity index is 1.65. The third-order valence-electron chi connectivity index (χ3n) is 6.75. The van der Waals surface area contributed by atoms with E-state index < -0.39 is 20.5 Å². The molecule has 31 heavy (non-hydrogen) atoms. The molecule has 3 aliphatic carbocycles. The van der Waals surface area contributed by atoms with E-state index >= 15 is 0 Å². The van der Waals surface area contributed by atoms with E-state index in [0.29, 0.717) is 15.7 Å². The van der Waals surface area contributed by atoms with Crippen molar-refractivity contribution in [2.45, 2.75) is 8.65 Å². The molecule has 3 nitrogen and oxygen atoms in total. The Labute approximate surface area is 205 Å². The second-order valence-electron chi connectivity index (χ2n) is 8.08. The van der Waals surface area contributed by atoms with Crippen LogP contribution in [-0.2, 0) is 18.2 Å². The third-order valence-corrected chi connectivity index (χ3v) is 10.2. The van der Waals surface area contributed by atoms with E-state index in [2.05, 4.69) is 31.9 Å². The SMILES string of the molecule is O=C1[C@@H]2[C@@H](C(=O)N1c1ccc(Cl)c(Cl)c1)C1(Br)c3ccccc3C2(Br)c2ccccc21. The first-order chi connectivity index (χ1) is 14.8. The average Bonchev–Trinajstić information content (AvgIpc) is 3.05. The van der Waals surface area contributed by atoms with Crippen LogP contribution in [-0.4, -0.2) is 11.8 Å². The van der Waals surface area contributed by atoms with Gasteiger partial charge in [0.2, 0.25) is 11.8 Å². The summed E-state index contributed by atoms with van der Waals surface area (Å²) < 4.78 is -1.61. The summed E-state index contributed by atoms with van der Waals surface area (Å²) in [7, 11) is 0. The fraction of sp³-hybridized carbons (Fsp3) is 0.167. The molecule has 1 fully saturated rings. The molecule has 1 aliphatic heterocycles. The van der Waals surface area contributed by atoms with Crippen LogP contribution in [0.25, 0.3) is 0 Å². The van der Waals surface area contributed by atoms with Crippen LogP contribution in [0.3, 0.4) is 0 Å². The number of rotatable bonds is 1. The summed E-state index contributed by atoms with van der Waals surface area (Å²) in [5, 5.41) is 0.669. The van der Waals surface area contributed by atoms with Crippen molar-refractivity contribution in [3.8, 4) is 0 Å². The summed E-state index contributed by atoms with van der Waals surface area (Å²) in [4.78, 5) is 29.0. The maximum absolute atomic E-state index is 13.9. The van der Waals surface area contributed by atoms with E-state index in [0.717, 1.165) is 22.3 Å². The molecular weight excluding hydrogens is 565 g/mol. The normalized spacial score (nSPS) is 30.3. The van der Waals surface area contributed by atoms with Crippen molar-refractivity contribution in [1.82, 2.24) is 0 Å². The molecule has 0 unspecified atom stereocenters. The van der Waals surface area contributed by atoms with Crippen molar-refractivity contribution in [3.63, 3.8) is 0 Å². The van der Waals surface area contributed by atoms with Gasteiger partial charge in [-0.2, -0.15) is 0 Å². The zero-order chi connectivity index (χ0) is 21.7. The number of nitrogens with zero attached hydrogens (tertiary/aromatic N) is 1. The smallest absolute Gasteiger partial charge is 0.239 e. The molecule has 1 heterocycles. The molecule has 2 amide bonds. The van der Waals surface area contributed by atoms with E-state index in [9.17, 15) is 9.59 Å². The number of imide groups is 1. The van der Waals surface area contributed by atoms with Crippen molar-refractivity contribution in [3.05, 3.63) is 99.0 Å². The van der Waals surface area contributed by atoms with E-state index in [-0.39, 0.29) is 11.8 Å². The first kappa shape index (κ1) is 20.0. The molecule has 0 radical (unpaired) electrons. The highest BCUT2D eigenvalue weighted by molar-refractivity contribution is 9.10. The standard InChI is InChI=1S/C24H13Br2Cl2NO2/c25-23-13-5-1-2-6-14(13)24(26,16-8-4-3-7-15(16)23)20-19(23)21(30)29(22(20)31)12-9-10-17(27)18(28)11-12/h1-11,19-20H/t19-,20-,23?,24?/m0/s1. The monoisotopic (exact) mass is 575 g/mol. The zero-order valence-corrected chi connectivity index (χ0v) is 20.5. The summed E-state index contributed by atoms with van der Waals surface area (Å²) in [6.45, 7) is 0. The lowest BCUT2D eigenvalue weighted by atomic mass is 9.54. The first-order valence-corrected chi connectivity index (χ1v) is 12.1. The highest BCUT2D eigenvalue weighted by Crippen LogP contribution is 2.70. The fourth-order valence-electron chi connectivity index (χ4n) is 5.55. The maximum Gasteiger partial charge on any atom is 0.239 e. The number of alkyl halides is 2. The molecule has 2 atom stereocenters. The van der Waals surface area contributed by atoms with E-state index in [1.54, 1.807) is 18.2 Å². The highest BCUT2D eigenvalue weighted by atomic mass is 79.9. The minimum absolute atomic E-state index is 0.252. The Morgan fingerprint density at radius 3 is 1.48 bits per heavy atom. The second-order valence-corrected chi connectivity index (χ2v) is 11.4. The van der Waals surface area contributed by atoms with Crippen molar-refractivity contribution in [2.24, 2.45) is 11.8 Å². The van der Waals surface area contributed by atoms with Crippen molar-refractivity contribution >= 4 is 72.6 Å². The first-order valence-electron chi connectivity index (χ1n) is 9.72. The number of hydrogen-bond donors (Lipinski definition) is 0. The molecule has 2 bridgehead atoms. The molecule has 4 aliphatic rings. The van der Waals surface area contributed by atoms with Crippen LogP contribution >= 0.6 is 55.1 Å². The van der Waals surface area contributed by atoms with E-state index in [1.165, 1.54) is 4.90 Å². The lowest BCUT2D eigenvalue weighted by Crippen LogP contribution is -2.56. The van der Waals surface area contributed by atoms with Crippen molar-refractivity contribution in [1.29, 1.82) is 0 Å². The second kappa shape index (κ2) is 6.44. The molecule has 154 valence electrons. The average molecular weight is 578 g/mol. The lowest BCUT2D eigenvalue weighted by Gasteiger charge is -2.55. The van der Waals surface area contributed by atoms with Crippen LogP contribution in [0.1, 0.15) is 22.3 Å². The number of carbonyl (C=O) groups is 2. The number of anilines is 1. The Morgan fingerprint density at radius 2 is 1.10 bits per heavy atom. The number of hydrogen-bond acceptors (Lipinski definition) is 2. The molecular formula is C24H13Br2Cl2NO2. The summed E-state index contributed by atoms with van der Waals surface area (Å²) in [5.74, 6) is -1.73. The summed E-state index contributed by atoms with van der Waals surface area (Å²) in [5.41, 5.74) is 4.44. The number of halogens is 4. The predicted molar refractivity (Wildman–Crippen MR) is 128 cm³/mol. The van der Waals surface area contributed by atoms with Gasteiger partial charge in [0.05, 0.1) is 36.2 Å². The Morgan fingerprint density at radius 1 is 0.677 bits per heavy atom. The maximum atomic E-state index is 13.9. The highest BCUT2D eigenvalue weighted by Gasteiger charge is 2.72. The Bertz CT molecular complexity index is 1200. The van der Waals surface area contributed by atoms with Crippen molar-refractivity contribution < 1.29 is 9.59 Å². The summed E-state index contributed by atoms with van der Waals surface area (Å²) in [6, 6.07) is 20.8. The van der Waals surface area contributed by atoms with Crippen LogP contribution in [0, 0.1) is 11.8 Å². The van der Waals surface area contributed by atoms with Crippen LogP contribution in [0.2, 0.25) is 10.0 Å². The summed E-state index contributed by atoms with van der Waals surface area (Å²) in [6.07, 6.45) is 0. The van der Waals surface area contributed by atoms with Gasteiger partial charge in [0.25, 0.3) is 0 Å². The lowest BCUT2D eigenvalue weighted by molar-refractivity contribution is -0.122. The quantitative estimate of drug-likeness (QED) is 0.248. The molecule has 0 N–H and O–H groups in total. The summed E-state index contributed by atoms with van der Waals surface area (Å²) >= 11 is 20.3.